The fraction of sp³-hybridized carbons (Fsp3) is 0.500. The van der Waals surface area contributed by atoms with Gasteiger partial charge in [0, 0.05) is 31.3 Å². The largest absolute Gasteiger partial charge is 0.309 e. The van der Waals surface area contributed by atoms with Crippen molar-refractivity contribution in [1.29, 1.82) is 0 Å². The highest BCUT2D eigenvalue weighted by molar-refractivity contribution is 5.34. The first kappa shape index (κ1) is 13.6. The van der Waals surface area contributed by atoms with Gasteiger partial charge in [0.2, 0.25) is 0 Å². The van der Waals surface area contributed by atoms with Crippen LogP contribution in [0, 0.1) is 10.1 Å². The summed E-state index contributed by atoms with van der Waals surface area (Å²) in [5.41, 5.74) is 1.08. The van der Waals surface area contributed by atoms with Gasteiger partial charge in [0.05, 0.1) is 4.92 Å². The molecule has 0 spiro atoms. The summed E-state index contributed by atoms with van der Waals surface area (Å²) >= 11 is 0. The molecule has 0 fully saturated rings. The molecular formula is C12H19N3O2. The first-order valence-corrected chi connectivity index (χ1v) is 5.60. The summed E-state index contributed by atoms with van der Waals surface area (Å²) in [4.78, 5) is 12.3. The Hall–Kier alpha value is -1.46. The van der Waals surface area contributed by atoms with E-state index in [1.165, 1.54) is 6.07 Å². The number of benzene rings is 1. The molecule has 1 N–H and O–H groups in total. The van der Waals surface area contributed by atoms with Gasteiger partial charge in [-0.1, -0.05) is 12.1 Å². The highest BCUT2D eigenvalue weighted by atomic mass is 16.6. The molecule has 0 aliphatic heterocycles. The van der Waals surface area contributed by atoms with Gasteiger partial charge in [-0.2, -0.15) is 0 Å². The van der Waals surface area contributed by atoms with Gasteiger partial charge in [-0.25, -0.2) is 0 Å². The molecule has 0 radical (unpaired) electrons. The molecule has 0 aliphatic rings. The second kappa shape index (κ2) is 6.32. The van der Waals surface area contributed by atoms with Crippen molar-refractivity contribution in [2.24, 2.45) is 0 Å². The molecular weight excluding hydrogens is 218 g/mol. The summed E-state index contributed by atoms with van der Waals surface area (Å²) in [5.74, 6) is 0. The van der Waals surface area contributed by atoms with Crippen molar-refractivity contribution < 1.29 is 4.92 Å². The Morgan fingerprint density at radius 2 is 2.18 bits per heavy atom. The fourth-order valence-electron chi connectivity index (χ4n) is 1.68. The summed E-state index contributed by atoms with van der Waals surface area (Å²) in [6, 6.07) is 7.07. The monoisotopic (exact) mass is 237 g/mol. The Kier molecular flexibility index (Phi) is 5.06. The van der Waals surface area contributed by atoms with Gasteiger partial charge in [-0.05, 0) is 26.6 Å². The molecule has 0 bridgehead atoms. The number of hydrogen-bond acceptors (Lipinski definition) is 4. The van der Waals surface area contributed by atoms with Gasteiger partial charge in [-0.3, -0.25) is 10.1 Å². The summed E-state index contributed by atoms with van der Waals surface area (Å²) in [7, 11) is 4.04. The Balaban J connectivity index is 2.51. The minimum absolute atomic E-state index is 0.143. The van der Waals surface area contributed by atoms with E-state index in [1.54, 1.807) is 12.1 Å². The number of non-ortho nitro benzene ring substituents is 1. The molecule has 0 amide bonds. The van der Waals surface area contributed by atoms with Crippen molar-refractivity contribution in [2.45, 2.75) is 19.5 Å². The molecule has 0 aliphatic carbocycles. The minimum atomic E-state index is -0.368. The average molecular weight is 237 g/mol. The molecule has 1 rings (SSSR count). The van der Waals surface area contributed by atoms with Gasteiger partial charge < -0.3 is 10.2 Å². The molecule has 5 nitrogen and oxygen atoms in total. The molecule has 17 heavy (non-hydrogen) atoms. The minimum Gasteiger partial charge on any atom is -0.309 e. The predicted octanol–water partition coefficient (Wildman–Crippen LogP) is 1.63. The molecule has 0 heterocycles. The third-order valence-corrected chi connectivity index (χ3v) is 2.42. The van der Waals surface area contributed by atoms with Gasteiger partial charge in [0.25, 0.3) is 5.69 Å². The zero-order valence-electron chi connectivity index (χ0n) is 10.5. The molecule has 0 saturated heterocycles. The first-order valence-electron chi connectivity index (χ1n) is 5.60. The molecule has 1 atom stereocenters. The number of nitro benzene ring substituents is 1. The van der Waals surface area contributed by atoms with E-state index in [9.17, 15) is 10.1 Å². The van der Waals surface area contributed by atoms with Crippen LogP contribution < -0.4 is 5.32 Å². The maximum atomic E-state index is 10.6. The highest BCUT2D eigenvalue weighted by Crippen LogP contribution is 2.12. The Morgan fingerprint density at radius 1 is 1.47 bits per heavy atom. The van der Waals surface area contributed by atoms with Crippen LogP contribution >= 0.6 is 0 Å². The van der Waals surface area contributed by atoms with Crippen LogP contribution in [0.3, 0.4) is 0 Å². The van der Waals surface area contributed by atoms with Crippen molar-refractivity contribution in [1.82, 2.24) is 10.2 Å². The van der Waals surface area contributed by atoms with Crippen LogP contribution in [0.4, 0.5) is 5.69 Å². The molecule has 0 saturated carbocycles. The summed E-state index contributed by atoms with van der Waals surface area (Å²) < 4.78 is 0. The van der Waals surface area contributed by atoms with E-state index >= 15 is 0 Å². The quantitative estimate of drug-likeness (QED) is 0.603. The lowest BCUT2D eigenvalue weighted by atomic mass is 10.2. The van der Waals surface area contributed by atoms with Crippen LogP contribution in [-0.4, -0.2) is 36.5 Å². The second-order valence-electron chi connectivity index (χ2n) is 4.47. The average Bonchev–Trinajstić information content (AvgIpc) is 2.26. The first-order chi connectivity index (χ1) is 7.99. The summed E-state index contributed by atoms with van der Waals surface area (Å²) in [5, 5.41) is 13.9. The van der Waals surface area contributed by atoms with Crippen LogP contribution in [-0.2, 0) is 6.54 Å². The Bertz CT molecular complexity index is 380. The van der Waals surface area contributed by atoms with Gasteiger partial charge in [0.15, 0.2) is 0 Å². The van der Waals surface area contributed by atoms with Crippen molar-refractivity contribution in [3.05, 3.63) is 39.9 Å². The molecule has 1 aromatic carbocycles. The topological polar surface area (TPSA) is 58.4 Å². The summed E-state index contributed by atoms with van der Waals surface area (Å²) in [6.45, 7) is 3.68. The van der Waals surface area contributed by atoms with Crippen LogP contribution in [0.2, 0.25) is 0 Å². The fourth-order valence-corrected chi connectivity index (χ4v) is 1.68. The summed E-state index contributed by atoms with van der Waals surface area (Å²) in [6.07, 6.45) is 0. The van der Waals surface area contributed by atoms with Gasteiger partial charge >= 0.3 is 0 Å². The number of rotatable bonds is 6. The highest BCUT2D eigenvalue weighted by Gasteiger charge is 2.07. The second-order valence-corrected chi connectivity index (χ2v) is 4.47. The van der Waals surface area contributed by atoms with Crippen molar-refractivity contribution >= 4 is 5.69 Å². The van der Waals surface area contributed by atoms with E-state index in [-0.39, 0.29) is 10.6 Å². The number of hydrogen-bond donors (Lipinski definition) is 1. The number of nitrogens with one attached hydrogen (secondary N) is 1. The maximum absolute atomic E-state index is 10.6. The molecule has 94 valence electrons. The van der Waals surface area contributed by atoms with Crippen LogP contribution in [0.15, 0.2) is 24.3 Å². The lowest BCUT2D eigenvalue weighted by molar-refractivity contribution is -0.384. The van der Waals surface area contributed by atoms with E-state index in [0.717, 1.165) is 12.1 Å². The Labute approximate surface area is 102 Å². The van der Waals surface area contributed by atoms with Gasteiger partial charge in [0.1, 0.15) is 0 Å². The number of nitrogens with zero attached hydrogens (tertiary/aromatic N) is 2. The van der Waals surface area contributed by atoms with E-state index in [2.05, 4.69) is 17.1 Å². The number of likely N-dealkylation sites (N-methyl/N-ethyl adjacent to an activating group) is 1. The van der Waals surface area contributed by atoms with E-state index in [4.69, 9.17) is 0 Å². The van der Waals surface area contributed by atoms with E-state index in [1.807, 2.05) is 20.2 Å². The zero-order chi connectivity index (χ0) is 12.8. The van der Waals surface area contributed by atoms with Crippen LogP contribution in [0.25, 0.3) is 0 Å². The van der Waals surface area contributed by atoms with Crippen LogP contribution in [0.5, 0.6) is 0 Å². The van der Waals surface area contributed by atoms with Crippen molar-refractivity contribution in [3.63, 3.8) is 0 Å². The van der Waals surface area contributed by atoms with E-state index < -0.39 is 0 Å². The Morgan fingerprint density at radius 3 is 2.76 bits per heavy atom. The molecule has 1 aromatic rings. The van der Waals surface area contributed by atoms with Crippen molar-refractivity contribution in [3.8, 4) is 0 Å². The predicted molar refractivity (Wildman–Crippen MR) is 68.0 cm³/mol. The van der Waals surface area contributed by atoms with Crippen molar-refractivity contribution in [2.75, 3.05) is 20.6 Å². The van der Waals surface area contributed by atoms with Crippen LogP contribution in [0.1, 0.15) is 12.5 Å². The third kappa shape index (κ3) is 4.93. The van der Waals surface area contributed by atoms with E-state index in [0.29, 0.717) is 12.6 Å². The lowest BCUT2D eigenvalue weighted by Crippen LogP contribution is -2.35. The standard InChI is InChI=1S/C12H19N3O2/c1-10(9-14(2)3)13-8-11-5-4-6-12(7-11)15(16)17/h4-7,10,13H,8-9H2,1-3H3. The molecule has 1 unspecified atom stereocenters. The number of nitro groups is 1. The normalized spacial score (nSPS) is 12.7. The lowest BCUT2D eigenvalue weighted by Gasteiger charge is -2.18. The molecule has 0 aromatic heterocycles. The third-order valence-electron chi connectivity index (χ3n) is 2.42. The SMILES string of the molecule is CC(CN(C)C)NCc1cccc([N+](=O)[O-])c1. The zero-order valence-corrected chi connectivity index (χ0v) is 10.5. The maximum Gasteiger partial charge on any atom is 0.269 e. The van der Waals surface area contributed by atoms with Gasteiger partial charge in [-0.15, -0.1) is 0 Å². The molecule has 5 heteroatoms. The smallest absolute Gasteiger partial charge is 0.269 e.